The normalized spacial score (nSPS) is 31.7. The van der Waals surface area contributed by atoms with Crippen LogP contribution in [0.2, 0.25) is 0 Å². The third-order valence-corrected chi connectivity index (χ3v) is 7.47. The van der Waals surface area contributed by atoms with Crippen molar-refractivity contribution in [3.05, 3.63) is 24.3 Å². The molecule has 0 aromatic rings. The van der Waals surface area contributed by atoms with Gasteiger partial charge in [0.05, 0.1) is 6.17 Å². The number of amides is 1. The zero-order valence-corrected chi connectivity index (χ0v) is 19.6. The molecule has 182 valence electrons. The topological polar surface area (TPSA) is 47.6 Å². The Morgan fingerprint density at radius 3 is 2.53 bits per heavy atom. The van der Waals surface area contributed by atoms with Gasteiger partial charge in [-0.15, -0.1) is 11.6 Å². The molecular formula is C23H36ClF3N4O. The smallest absolute Gasteiger partial charge is 0.289 e. The summed E-state index contributed by atoms with van der Waals surface area (Å²) in [7, 11) is 0. The molecule has 2 saturated heterocycles. The van der Waals surface area contributed by atoms with Crippen LogP contribution in [0.3, 0.4) is 0 Å². The fourth-order valence-corrected chi connectivity index (χ4v) is 5.48. The molecule has 2 N–H and O–H groups in total. The van der Waals surface area contributed by atoms with Gasteiger partial charge in [-0.2, -0.15) is 13.2 Å². The van der Waals surface area contributed by atoms with E-state index in [4.69, 9.17) is 11.6 Å². The van der Waals surface area contributed by atoms with Gasteiger partial charge in [-0.3, -0.25) is 20.4 Å². The first kappa shape index (κ1) is 25.5. The maximum atomic E-state index is 13.0. The lowest BCUT2D eigenvalue weighted by atomic mass is 9.85. The first-order valence-corrected chi connectivity index (χ1v) is 12.3. The van der Waals surface area contributed by atoms with E-state index in [1.165, 1.54) is 6.42 Å². The standard InChI is InChI=1S/C23H36ClF3N4O/c1-3-17(12-11-16(2)23(25,26)27)31-15-20(22(32)29-30-13-7-4-8-14-30)28-21(31)18-9-5-6-10-19(18)24/h11-12,17-21,28H,2-10,13-15H2,1H3,(H,29,32)/b12-11-/t17-,18?,19-,20-,21?/m1/s1. The predicted octanol–water partition coefficient (Wildman–Crippen LogP) is 4.35. The van der Waals surface area contributed by atoms with Crippen molar-refractivity contribution >= 4 is 17.5 Å². The van der Waals surface area contributed by atoms with Crippen LogP contribution < -0.4 is 10.7 Å². The molecule has 5 atom stereocenters. The second-order valence-corrected chi connectivity index (χ2v) is 9.77. The van der Waals surface area contributed by atoms with Crippen molar-refractivity contribution in [1.29, 1.82) is 0 Å². The number of hydrazine groups is 1. The van der Waals surface area contributed by atoms with Crippen LogP contribution in [0.5, 0.6) is 0 Å². The zero-order chi connectivity index (χ0) is 23.3. The molecule has 2 heterocycles. The van der Waals surface area contributed by atoms with Gasteiger partial charge in [0.2, 0.25) is 0 Å². The molecule has 0 spiro atoms. The second-order valence-electron chi connectivity index (χ2n) is 9.21. The first-order chi connectivity index (χ1) is 15.2. The van der Waals surface area contributed by atoms with E-state index < -0.39 is 17.8 Å². The minimum Gasteiger partial charge on any atom is -0.289 e. The Hall–Kier alpha value is -1.09. The van der Waals surface area contributed by atoms with Crippen LogP contribution in [0.15, 0.2) is 24.3 Å². The van der Waals surface area contributed by atoms with Gasteiger partial charge in [0, 0.05) is 42.5 Å². The van der Waals surface area contributed by atoms with Gasteiger partial charge in [0.15, 0.2) is 0 Å². The largest absolute Gasteiger partial charge is 0.415 e. The Labute approximate surface area is 194 Å². The van der Waals surface area contributed by atoms with E-state index >= 15 is 0 Å². The maximum Gasteiger partial charge on any atom is 0.415 e. The number of allylic oxidation sites excluding steroid dienone is 2. The summed E-state index contributed by atoms with van der Waals surface area (Å²) in [6.07, 6.45) is 5.98. The van der Waals surface area contributed by atoms with Gasteiger partial charge in [0.1, 0.15) is 6.04 Å². The van der Waals surface area contributed by atoms with E-state index in [9.17, 15) is 18.0 Å². The molecule has 0 aromatic carbocycles. The van der Waals surface area contributed by atoms with Gasteiger partial charge < -0.3 is 0 Å². The number of hydrogen-bond donors (Lipinski definition) is 2. The summed E-state index contributed by atoms with van der Waals surface area (Å²) in [5, 5.41) is 5.45. The lowest BCUT2D eigenvalue weighted by molar-refractivity contribution is -0.128. The van der Waals surface area contributed by atoms with Crippen molar-refractivity contribution in [2.45, 2.75) is 88.1 Å². The van der Waals surface area contributed by atoms with E-state index in [-0.39, 0.29) is 29.4 Å². The number of nitrogens with zero attached hydrogens (tertiary/aromatic N) is 2. The van der Waals surface area contributed by atoms with Crippen molar-refractivity contribution in [1.82, 2.24) is 20.7 Å². The first-order valence-electron chi connectivity index (χ1n) is 11.9. The Kier molecular flexibility index (Phi) is 9.06. The highest BCUT2D eigenvalue weighted by Crippen LogP contribution is 2.35. The summed E-state index contributed by atoms with van der Waals surface area (Å²) in [6, 6.07) is -0.675. The Morgan fingerprint density at radius 2 is 1.91 bits per heavy atom. The van der Waals surface area contributed by atoms with Crippen molar-refractivity contribution in [2.75, 3.05) is 19.6 Å². The fourth-order valence-electron chi connectivity index (χ4n) is 5.06. The quantitative estimate of drug-likeness (QED) is 0.423. The highest BCUT2D eigenvalue weighted by Gasteiger charge is 2.44. The molecule has 3 rings (SSSR count). The van der Waals surface area contributed by atoms with Crippen LogP contribution in [0.1, 0.15) is 58.3 Å². The summed E-state index contributed by atoms with van der Waals surface area (Å²) in [4.78, 5) is 15.2. The van der Waals surface area contributed by atoms with E-state index in [1.54, 1.807) is 6.08 Å². The molecule has 2 unspecified atom stereocenters. The van der Waals surface area contributed by atoms with Crippen LogP contribution in [-0.2, 0) is 4.79 Å². The molecule has 1 saturated carbocycles. The van der Waals surface area contributed by atoms with Crippen molar-refractivity contribution in [3.63, 3.8) is 0 Å². The lowest BCUT2D eigenvalue weighted by Gasteiger charge is -2.39. The van der Waals surface area contributed by atoms with Crippen LogP contribution in [0.4, 0.5) is 13.2 Å². The number of piperidine rings is 1. The minimum atomic E-state index is -4.45. The second kappa shape index (κ2) is 11.4. The van der Waals surface area contributed by atoms with Gasteiger partial charge in [0.25, 0.3) is 5.91 Å². The molecule has 1 amide bonds. The number of rotatable bonds is 7. The molecule has 0 radical (unpaired) electrons. The summed E-state index contributed by atoms with van der Waals surface area (Å²) in [6.45, 7) is 7.22. The molecule has 5 nitrogen and oxygen atoms in total. The van der Waals surface area contributed by atoms with Gasteiger partial charge in [-0.25, -0.2) is 5.01 Å². The Morgan fingerprint density at radius 1 is 1.22 bits per heavy atom. The summed E-state index contributed by atoms with van der Waals surface area (Å²) in [5.74, 6) is 0.0614. The average Bonchev–Trinajstić information content (AvgIpc) is 3.19. The number of halogens is 4. The summed E-state index contributed by atoms with van der Waals surface area (Å²) < 4.78 is 38.8. The number of carbonyl (C=O) groups excluding carboxylic acids is 1. The molecule has 9 heteroatoms. The van der Waals surface area contributed by atoms with Crippen LogP contribution >= 0.6 is 11.6 Å². The molecule has 1 aliphatic carbocycles. The number of alkyl halides is 4. The number of hydrogen-bond acceptors (Lipinski definition) is 4. The summed E-state index contributed by atoms with van der Waals surface area (Å²) >= 11 is 6.69. The highest BCUT2D eigenvalue weighted by molar-refractivity contribution is 6.20. The molecular weight excluding hydrogens is 441 g/mol. The maximum absolute atomic E-state index is 13.0. The molecule has 2 aliphatic heterocycles. The van der Waals surface area contributed by atoms with E-state index in [1.807, 2.05) is 11.9 Å². The third kappa shape index (κ3) is 6.49. The van der Waals surface area contributed by atoms with Crippen LogP contribution in [-0.4, -0.2) is 65.3 Å². The number of carbonyl (C=O) groups is 1. The highest BCUT2D eigenvalue weighted by atomic mass is 35.5. The average molecular weight is 477 g/mol. The third-order valence-electron chi connectivity index (χ3n) is 6.93. The SMILES string of the molecule is C=C(/C=C\[C@@H](CC)N1C[C@H](C(=O)NN2CCCCC2)NC1C1CCCC[C@H]1Cl)C(F)(F)F. The minimum absolute atomic E-state index is 0.0146. The molecule has 0 bridgehead atoms. The van der Waals surface area contributed by atoms with E-state index in [2.05, 4.69) is 22.2 Å². The fraction of sp³-hybridized carbons (Fsp3) is 0.783. The summed E-state index contributed by atoms with van der Waals surface area (Å²) in [5.41, 5.74) is 2.17. The Bertz CT molecular complexity index is 681. The van der Waals surface area contributed by atoms with Crippen molar-refractivity contribution in [2.24, 2.45) is 5.92 Å². The molecule has 0 aromatic heterocycles. The zero-order valence-electron chi connectivity index (χ0n) is 18.8. The van der Waals surface area contributed by atoms with Crippen molar-refractivity contribution in [3.8, 4) is 0 Å². The van der Waals surface area contributed by atoms with E-state index in [0.29, 0.717) is 13.0 Å². The van der Waals surface area contributed by atoms with E-state index in [0.717, 1.165) is 57.7 Å². The van der Waals surface area contributed by atoms with Gasteiger partial charge >= 0.3 is 6.18 Å². The van der Waals surface area contributed by atoms with Gasteiger partial charge in [-0.05, 0) is 32.1 Å². The predicted molar refractivity (Wildman–Crippen MR) is 121 cm³/mol. The van der Waals surface area contributed by atoms with Gasteiger partial charge in [-0.1, -0.05) is 44.9 Å². The molecule has 3 fully saturated rings. The number of nitrogens with one attached hydrogen (secondary N) is 2. The van der Waals surface area contributed by atoms with Crippen LogP contribution in [0, 0.1) is 5.92 Å². The lowest BCUT2D eigenvalue weighted by Crippen LogP contribution is -2.53. The van der Waals surface area contributed by atoms with Crippen molar-refractivity contribution < 1.29 is 18.0 Å². The monoisotopic (exact) mass is 476 g/mol. The molecule has 32 heavy (non-hydrogen) atoms. The van der Waals surface area contributed by atoms with Crippen LogP contribution in [0.25, 0.3) is 0 Å². The molecule has 3 aliphatic rings. The Balaban J connectivity index is 1.75.